The summed E-state index contributed by atoms with van der Waals surface area (Å²) in [5, 5.41) is 2.64. The van der Waals surface area contributed by atoms with Gasteiger partial charge in [-0.1, -0.05) is 37.6 Å². The van der Waals surface area contributed by atoms with Gasteiger partial charge in [-0.05, 0) is 30.2 Å². The van der Waals surface area contributed by atoms with E-state index in [-0.39, 0.29) is 16.5 Å². The Hall–Kier alpha value is -2.47. The van der Waals surface area contributed by atoms with E-state index in [1.54, 1.807) is 0 Å². The number of carbonyl (C=O) groups excluding carboxylic acids is 1. The third kappa shape index (κ3) is 3.49. The standard InChI is InChI=1S/C18H16ClF2N3O/c1-9(2)16(17-22-14-5-3-4-6-15(14)23-17)24-18(25)10-7-12(20)13(21)8-11(10)19/h3-9,16H,1-2H3,(H,22,23)(H,24,25). The molecule has 3 rings (SSSR count). The summed E-state index contributed by atoms with van der Waals surface area (Å²) in [4.78, 5) is 20.2. The smallest absolute Gasteiger partial charge is 0.253 e. The lowest BCUT2D eigenvalue weighted by molar-refractivity contribution is 0.0923. The molecule has 130 valence electrons. The maximum atomic E-state index is 13.4. The first-order valence-corrected chi connectivity index (χ1v) is 8.14. The van der Waals surface area contributed by atoms with E-state index in [1.165, 1.54) is 0 Å². The van der Waals surface area contributed by atoms with Gasteiger partial charge < -0.3 is 10.3 Å². The van der Waals surface area contributed by atoms with Gasteiger partial charge >= 0.3 is 0 Å². The highest BCUT2D eigenvalue weighted by Gasteiger charge is 2.24. The molecule has 1 aromatic heterocycles. The predicted molar refractivity (Wildman–Crippen MR) is 92.5 cm³/mol. The van der Waals surface area contributed by atoms with Gasteiger partial charge in [0.05, 0.1) is 27.7 Å². The van der Waals surface area contributed by atoms with Gasteiger partial charge in [0, 0.05) is 0 Å². The Labute approximate surface area is 148 Å². The fourth-order valence-electron chi connectivity index (χ4n) is 2.59. The largest absolute Gasteiger partial charge is 0.342 e. The van der Waals surface area contributed by atoms with E-state index in [1.807, 2.05) is 38.1 Å². The summed E-state index contributed by atoms with van der Waals surface area (Å²) in [6.07, 6.45) is 0. The number of halogens is 3. The van der Waals surface area contributed by atoms with Crippen molar-refractivity contribution >= 4 is 28.5 Å². The zero-order valence-electron chi connectivity index (χ0n) is 13.6. The molecular formula is C18H16ClF2N3O. The number of amides is 1. The van der Waals surface area contributed by atoms with Crippen molar-refractivity contribution in [2.75, 3.05) is 0 Å². The lowest BCUT2D eigenvalue weighted by atomic mass is 10.0. The fourth-order valence-corrected chi connectivity index (χ4v) is 2.82. The Bertz CT molecular complexity index is 906. The number of carbonyl (C=O) groups is 1. The fraction of sp³-hybridized carbons (Fsp3) is 0.222. The molecule has 0 bridgehead atoms. The van der Waals surface area contributed by atoms with E-state index < -0.39 is 23.6 Å². The Kier molecular flexibility index (Phi) is 4.72. The van der Waals surface area contributed by atoms with Gasteiger partial charge in [0.1, 0.15) is 5.82 Å². The number of benzene rings is 2. The van der Waals surface area contributed by atoms with Crippen LogP contribution in [0.3, 0.4) is 0 Å². The molecule has 2 N–H and O–H groups in total. The van der Waals surface area contributed by atoms with E-state index in [2.05, 4.69) is 15.3 Å². The normalized spacial score (nSPS) is 12.6. The molecule has 0 spiro atoms. The number of nitrogens with one attached hydrogen (secondary N) is 2. The number of aromatic amines is 1. The molecule has 0 aliphatic heterocycles. The van der Waals surface area contributed by atoms with Crippen molar-refractivity contribution in [1.82, 2.24) is 15.3 Å². The van der Waals surface area contributed by atoms with E-state index >= 15 is 0 Å². The molecule has 4 nitrogen and oxygen atoms in total. The molecule has 0 aliphatic carbocycles. The minimum Gasteiger partial charge on any atom is -0.342 e. The highest BCUT2D eigenvalue weighted by Crippen LogP contribution is 2.25. The van der Waals surface area contributed by atoms with Gasteiger partial charge in [-0.2, -0.15) is 0 Å². The molecule has 0 aliphatic rings. The summed E-state index contributed by atoms with van der Waals surface area (Å²) in [6.45, 7) is 3.84. The first kappa shape index (κ1) is 17.4. The van der Waals surface area contributed by atoms with Crippen molar-refractivity contribution in [1.29, 1.82) is 0 Å². The first-order valence-electron chi connectivity index (χ1n) is 7.77. The van der Waals surface area contributed by atoms with E-state index in [4.69, 9.17) is 11.6 Å². The summed E-state index contributed by atoms with van der Waals surface area (Å²) < 4.78 is 26.6. The predicted octanol–water partition coefficient (Wildman–Crippen LogP) is 4.62. The average Bonchev–Trinajstić information content (AvgIpc) is 2.99. The molecule has 3 aromatic rings. The van der Waals surface area contributed by atoms with E-state index in [0.29, 0.717) is 5.82 Å². The Morgan fingerprint density at radius 3 is 2.56 bits per heavy atom. The van der Waals surface area contributed by atoms with Crippen LogP contribution in [0.15, 0.2) is 36.4 Å². The Morgan fingerprint density at radius 1 is 1.20 bits per heavy atom. The molecule has 1 atom stereocenters. The number of para-hydroxylation sites is 2. The van der Waals surface area contributed by atoms with E-state index in [9.17, 15) is 13.6 Å². The maximum absolute atomic E-state index is 13.4. The van der Waals surface area contributed by atoms with Crippen molar-refractivity contribution in [3.8, 4) is 0 Å². The molecule has 0 saturated carbocycles. The number of rotatable bonds is 4. The summed E-state index contributed by atoms with van der Waals surface area (Å²) in [6, 6.07) is 8.65. The molecule has 2 aromatic carbocycles. The number of hydrogen-bond donors (Lipinski definition) is 2. The SMILES string of the molecule is CC(C)C(NC(=O)c1cc(F)c(F)cc1Cl)c1nc2ccccc2[nH]1. The molecule has 0 fully saturated rings. The van der Waals surface area contributed by atoms with Gasteiger partial charge in [0.15, 0.2) is 11.6 Å². The summed E-state index contributed by atoms with van der Waals surface area (Å²) in [5.74, 6) is -2.22. The van der Waals surface area contributed by atoms with Crippen LogP contribution in [0.25, 0.3) is 11.0 Å². The quantitative estimate of drug-likeness (QED) is 0.664. The summed E-state index contributed by atoms with van der Waals surface area (Å²) in [5.41, 5.74) is 1.51. The number of nitrogens with zero attached hydrogens (tertiary/aromatic N) is 1. The second kappa shape index (κ2) is 6.80. The molecule has 1 amide bonds. The molecule has 1 heterocycles. The van der Waals surface area contributed by atoms with Crippen molar-refractivity contribution in [3.05, 3.63) is 64.4 Å². The van der Waals surface area contributed by atoms with Crippen molar-refractivity contribution in [2.24, 2.45) is 5.92 Å². The second-order valence-corrected chi connectivity index (χ2v) is 6.49. The van der Waals surface area contributed by atoms with Crippen LogP contribution in [0, 0.1) is 17.6 Å². The zero-order valence-corrected chi connectivity index (χ0v) is 14.4. The topological polar surface area (TPSA) is 57.8 Å². The monoisotopic (exact) mass is 363 g/mol. The Morgan fingerprint density at radius 2 is 1.88 bits per heavy atom. The summed E-state index contributed by atoms with van der Waals surface area (Å²) >= 11 is 5.88. The first-order chi connectivity index (χ1) is 11.9. The van der Waals surface area contributed by atoms with Crippen LogP contribution in [0.1, 0.15) is 36.1 Å². The highest BCUT2D eigenvalue weighted by molar-refractivity contribution is 6.33. The van der Waals surface area contributed by atoms with Crippen molar-refractivity contribution in [3.63, 3.8) is 0 Å². The van der Waals surface area contributed by atoms with Gasteiger partial charge in [-0.15, -0.1) is 0 Å². The molecule has 0 radical (unpaired) electrons. The number of H-pyrrole nitrogens is 1. The molecule has 0 saturated heterocycles. The van der Waals surface area contributed by atoms with Gasteiger partial charge in [-0.25, -0.2) is 13.8 Å². The Balaban J connectivity index is 1.92. The van der Waals surface area contributed by atoms with Crippen LogP contribution >= 0.6 is 11.6 Å². The van der Waals surface area contributed by atoms with Crippen molar-refractivity contribution < 1.29 is 13.6 Å². The number of hydrogen-bond acceptors (Lipinski definition) is 2. The van der Waals surface area contributed by atoms with Crippen molar-refractivity contribution in [2.45, 2.75) is 19.9 Å². The van der Waals surface area contributed by atoms with Crippen LogP contribution in [0.2, 0.25) is 5.02 Å². The third-order valence-corrected chi connectivity index (χ3v) is 4.22. The van der Waals surface area contributed by atoms with E-state index in [0.717, 1.165) is 23.2 Å². The lowest BCUT2D eigenvalue weighted by Crippen LogP contribution is -2.32. The van der Waals surface area contributed by atoms with Crippen LogP contribution in [0.5, 0.6) is 0 Å². The maximum Gasteiger partial charge on any atom is 0.253 e. The minimum absolute atomic E-state index is 0.00795. The molecule has 7 heteroatoms. The van der Waals surface area contributed by atoms with Gasteiger partial charge in [0.25, 0.3) is 5.91 Å². The number of aromatic nitrogens is 2. The molecule has 1 unspecified atom stereocenters. The highest BCUT2D eigenvalue weighted by atomic mass is 35.5. The van der Waals surface area contributed by atoms with Crippen LogP contribution in [0.4, 0.5) is 8.78 Å². The summed E-state index contributed by atoms with van der Waals surface area (Å²) in [7, 11) is 0. The minimum atomic E-state index is -1.13. The third-order valence-electron chi connectivity index (χ3n) is 3.91. The van der Waals surface area contributed by atoms with Gasteiger partial charge in [0.2, 0.25) is 0 Å². The zero-order chi connectivity index (χ0) is 18.1. The van der Waals surface area contributed by atoms with Gasteiger partial charge in [-0.3, -0.25) is 4.79 Å². The molecular weight excluding hydrogens is 348 g/mol. The van der Waals surface area contributed by atoms with Crippen LogP contribution in [-0.4, -0.2) is 15.9 Å². The average molecular weight is 364 g/mol. The second-order valence-electron chi connectivity index (χ2n) is 6.08. The number of imidazole rings is 1. The lowest BCUT2D eigenvalue weighted by Gasteiger charge is -2.20. The number of fused-ring (bicyclic) bond motifs is 1. The van der Waals surface area contributed by atoms with Crippen LogP contribution in [-0.2, 0) is 0 Å². The molecule has 25 heavy (non-hydrogen) atoms. The van der Waals surface area contributed by atoms with Crippen LogP contribution < -0.4 is 5.32 Å².